The van der Waals surface area contributed by atoms with Gasteiger partial charge in [-0.3, -0.25) is 9.78 Å². The number of nitrogens with zero attached hydrogens (tertiary/aromatic N) is 2. The minimum absolute atomic E-state index is 0.0465. The Hall–Kier alpha value is -2.11. The van der Waals surface area contributed by atoms with Gasteiger partial charge in [-0.25, -0.2) is 4.79 Å². The fourth-order valence-electron chi connectivity index (χ4n) is 2.43. The van der Waals surface area contributed by atoms with Crippen LogP contribution in [0.15, 0.2) is 24.4 Å². The van der Waals surface area contributed by atoms with Gasteiger partial charge in [-0.05, 0) is 31.4 Å². The van der Waals surface area contributed by atoms with Crippen LogP contribution in [0.2, 0.25) is 0 Å². The fourth-order valence-corrected chi connectivity index (χ4v) is 2.43. The molecule has 0 aliphatic heterocycles. The number of aliphatic carboxylic acids is 1. The molecule has 2 N–H and O–H groups in total. The van der Waals surface area contributed by atoms with Crippen LogP contribution in [0.25, 0.3) is 0 Å². The summed E-state index contributed by atoms with van der Waals surface area (Å²) < 4.78 is 0. The average Bonchev–Trinajstić information content (AvgIpc) is 2.88. The number of carboxylic acid groups (broad SMARTS) is 1. The zero-order valence-electron chi connectivity index (χ0n) is 11.5. The maximum atomic E-state index is 12.0. The van der Waals surface area contributed by atoms with Crippen LogP contribution in [0.5, 0.6) is 0 Å². The number of amides is 2. The van der Waals surface area contributed by atoms with E-state index in [0.717, 1.165) is 12.1 Å². The van der Waals surface area contributed by atoms with Gasteiger partial charge < -0.3 is 15.3 Å². The highest BCUT2D eigenvalue weighted by Gasteiger charge is 2.30. The van der Waals surface area contributed by atoms with Crippen molar-refractivity contribution in [3.63, 3.8) is 0 Å². The van der Waals surface area contributed by atoms with E-state index in [1.54, 1.807) is 18.1 Å². The Bertz CT molecular complexity index is 478. The molecule has 0 saturated heterocycles. The van der Waals surface area contributed by atoms with Crippen molar-refractivity contribution in [1.82, 2.24) is 15.2 Å². The first-order chi connectivity index (χ1) is 9.56. The Kier molecular flexibility index (Phi) is 4.55. The molecule has 0 bridgehead atoms. The lowest BCUT2D eigenvalue weighted by Crippen LogP contribution is -2.42. The average molecular weight is 277 g/mol. The first kappa shape index (κ1) is 14.3. The van der Waals surface area contributed by atoms with Crippen LogP contribution in [-0.4, -0.2) is 40.1 Å². The van der Waals surface area contributed by atoms with E-state index in [9.17, 15) is 9.59 Å². The quantitative estimate of drug-likeness (QED) is 0.873. The van der Waals surface area contributed by atoms with E-state index < -0.39 is 5.97 Å². The lowest BCUT2D eigenvalue weighted by atomic mass is 10.1. The maximum Gasteiger partial charge on any atom is 0.317 e. The largest absolute Gasteiger partial charge is 0.481 e. The van der Waals surface area contributed by atoms with Gasteiger partial charge in [0.25, 0.3) is 0 Å². The third-order valence-electron chi connectivity index (χ3n) is 3.58. The molecule has 0 radical (unpaired) electrons. The summed E-state index contributed by atoms with van der Waals surface area (Å²) in [5.41, 5.74) is 0.819. The monoisotopic (exact) mass is 277 g/mol. The lowest BCUT2D eigenvalue weighted by molar-refractivity contribution is -0.141. The van der Waals surface area contributed by atoms with E-state index in [2.05, 4.69) is 10.3 Å². The second-order valence-electron chi connectivity index (χ2n) is 5.17. The van der Waals surface area contributed by atoms with E-state index in [1.165, 1.54) is 0 Å². The lowest BCUT2D eigenvalue weighted by Gasteiger charge is -2.20. The summed E-state index contributed by atoms with van der Waals surface area (Å²) in [5, 5.41) is 11.8. The predicted molar refractivity (Wildman–Crippen MR) is 73.0 cm³/mol. The Morgan fingerprint density at radius 3 is 2.85 bits per heavy atom. The Morgan fingerprint density at radius 1 is 1.45 bits per heavy atom. The third kappa shape index (κ3) is 3.69. The van der Waals surface area contributed by atoms with Gasteiger partial charge in [-0.2, -0.15) is 0 Å². The van der Waals surface area contributed by atoms with Crippen LogP contribution in [0, 0.1) is 5.92 Å². The molecule has 108 valence electrons. The van der Waals surface area contributed by atoms with Crippen LogP contribution in [0.3, 0.4) is 0 Å². The molecule has 0 spiro atoms. The molecule has 6 heteroatoms. The van der Waals surface area contributed by atoms with E-state index >= 15 is 0 Å². The molecule has 1 aromatic heterocycles. The number of carboxylic acids is 1. The Balaban J connectivity index is 1.81. The summed E-state index contributed by atoms with van der Waals surface area (Å²) >= 11 is 0. The van der Waals surface area contributed by atoms with Gasteiger partial charge >= 0.3 is 12.0 Å². The standard InChI is InChI=1S/C14H19N3O3/c1-17(9-12-4-2-3-7-15-12)14(20)16-11-6-5-10(8-11)13(18)19/h2-4,7,10-11H,5-6,8-9H2,1H3,(H,16,20)(H,18,19). The van der Waals surface area contributed by atoms with Crippen molar-refractivity contribution >= 4 is 12.0 Å². The summed E-state index contributed by atoms with van der Waals surface area (Å²) in [6.45, 7) is 0.432. The molecule has 1 aliphatic carbocycles. The van der Waals surface area contributed by atoms with Gasteiger partial charge in [0.15, 0.2) is 0 Å². The molecule has 1 aromatic rings. The minimum Gasteiger partial charge on any atom is -0.481 e. The Labute approximate surface area is 117 Å². The zero-order valence-corrected chi connectivity index (χ0v) is 11.5. The van der Waals surface area contributed by atoms with Gasteiger partial charge in [0, 0.05) is 19.3 Å². The van der Waals surface area contributed by atoms with Crippen molar-refractivity contribution in [3.05, 3.63) is 30.1 Å². The molecule has 20 heavy (non-hydrogen) atoms. The summed E-state index contributed by atoms with van der Waals surface area (Å²) in [5.74, 6) is -1.11. The topological polar surface area (TPSA) is 82.5 Å². The molecule has 1 aliphatic rings. The molecule has 6 nitrogen and oxygen atoms in total. The molecule has 1 fully saturated rings. The van der Waals surface area contributed by atoms with Gasteiger partial charge in [0.05, 0.1) is 18.2 Å². The zero-order chi connectivity index (χ0) is 14.5. The van der Waals surface area contributed by atoms with Crippen LogP contribution in [0.1, 0.15) is 25.0 Å². The summed E-state index contributed by atoms with van der Waals surface area (Å²) in [7, 11) is 1.70. The number of carbonyl (C=O) groups excluding carboxylic acids is 1. The van der Waals surface area contributed by atoms with Crippen LogP contribution in [-0.2, 0) is 11.3 Å². The van der Waals surface area contributed by atoms with Crippen molar-refractivity contribution in [2.24, 2.45) is 5.92 Å². The van der Waals surface area contributed by atoms with Crippen molar-refractivity contribution in [2.75, 3.05) is 7.05 Å². The molecule has 2 atom stereocenters. The number of hydrogen-bond acceptors (Lipinski definition) is 3. The molecule has 1 saturated carbocycles. The molecule has 2 unspecified atom stereocenters. The Morgan fingerprint density at radius 2 is 2.25 bits per heavy atom. The highest BCUT2D eigenvalue weighted by atomic mass is 16.4. The van der Waals surface area contributed by atoms with E-state index in [-0.39, 0.29) is 18.0 Å². The van der Waals surface area contributed by atoms with E-state index in [1.807, 2.05) is 18.2 Å². The molecule has 2 rings (SSSR count). The highest BCUT2D eigenvalue weighted by Crippen LogP contribution is 2.25. The van der Waals surface area contributed by atoms with Gasteiger partial charge in [-0.1, -0.05) is 6.07 Å². The third-order valence-corrected chi connectivity index (χ3v) is 3.58. The maximum absolute atomic E-state index is 12.0. The molecular weight excluding hydrogens is 258 g/mol. The second kappa shape index (κ2) is 6.36. The number of hydrogen-bond donors (Lipinski definition) is 2. The SMILES string of the molecule is CN(Cc1ccccn1)C(=O)NC1CCC(C(=O)O)C1. The predicted octanol–water partition coefficient (Wildman–Crippen LogP) is 1.48. The number of rotatable bonds is 4. The summed E-state index contributed by atoms with van der Waals surface area (Å²) in [6, 6.07) is 5.33. The normalized spacial score (nSPS) is 21.4. The van der Waals surface area contributed by atoms with Gasteiger partial charge in [0.2, 0.25) is 0 Å². The van der Waals surface area contributed by atoms with E-state index in [0.29, 0.717) is 19.4 Å². The second-order valence-corrected chi connectivity index (χ2v) is 5.17. The van der Waals surface area contributed by atoms with Gasteiger partial charge in [-0.15, -0.1) is 0 Å². The van der Waals surface area contributed by atoms with Crippen molar-refractivity contribution in [3.8, 4) is 0 Å². The smallest absolute Gasteiger partial charge is 0.317 e. The molecule has 2 amide bonds. The summed E-state index contributed by atoms with van der Waals surface area (Å²) in [6.07, 6.45) is 3.55. The number of carbonyl (C=O) groups is 2. The van der Waals surface area contributed by atoms with Crippen LogP contribution < -0.4 is 5.32 Å². The fraction of sp³-hybridized carbons (Fsp3) is 0.500. The van der Waals surface area contributed by atoms with Crippen molar-refractivity contribution in [1.29, 1.82) is 0 Å². The number of aromatic nitrogens is 1. The highest BCUT2D eigenvalue weighted by molar-refractivity contribution is 5.75. The van der Waals surface area contributed by atoms with Crippen molar-refractivity contribution in [2.45, 2.75) is 31.8 Å². The first-order valence-corrected chi connectivity index (χ1v) is 6.70. The van der Waals surface area contributed by atoms with Crippen LogP contribution in [0.4, 0.5) is 4.79 Å². The molecule has 0 aromatic carbocycles. The van der Waals surface area contributed by atoms with E-state index in [4.69, 9.17) is 5.11 Å². The molecular formula is C14H19N3O3. The van der Waals surface area contributed by atoms with Crippen molar-refractivity contribution < 1.29 is 14.7 Å². The summed E-state index contributed by atoms with van der Waals surface area (Å²) in [4.78, 5) is 28.6. The van der Waals surface area contributed by atoms with Gasteiger partial charge in [0.1, 0.15) is 0 Å². The van der Waals surface area contributed by atoms with Crippen LogP contribution >= 0.6 is 0 Å². The number of nitrogens with one attached hydrogen (secondary N) is 1. The minimum atomic E-state index is -0.774. The molecule has 1 heterocycles. The number of pyridine rings is 1. The first-order valence-electron chi connectivity index (χ1n) is 6.70. The number of urea groups is 1.